The average Bonchev–Trinajstić information content (AvgIpc) is 2.77. The monoisotopic (exact) mass is 443 g/mol. The highest BCUT2D eigenvalue weighted by molar-refractivity contribution is 5.93. The van der Waals surface area contributed by atoms with E-state index in [-0.39, 0.29) is 12.5 Å². The number of benzene rings is 1. The largest absolute Gasteiger partial charge is 0.357 e. The molecule has 0 aromatic heterocycles. The van der Waals surface area contributed by atoms with Crippen molar-refractivity contribution in [2.45, 2.75) is 39.3 Å². The van der Waals surface area contributed by atoms with Crippen LogP contribution in [0.4, 0.5) is 0 Å². The van der Waals surface area contributed by atoms with Crippen LogP contribution in [0.1, 0.15) is 38.3 Å². The Balaban J connectivity index is 2.04. The van der Waals surface area contributed by atoms with Crippen LogP contribution < -0.4 is 16.5 Å². The zero-order valence-electron chi connectivity index (χ0n) is 19.8. The summed E-state index contributed by atoms with van der Waals surface area (Å²) < 4.78 is 0. The molecular formula is C24H37N5O3. The minimum Gasteiger partial charge on any atom is -0.357 e. The molecule has 1 aliphatic carbocycles. The Bertz CT molecular complexity index is 848. The minimum absolute atomic E-state index is 0.212. The van der Waals surface area contributed by atoms with Crippen LogP contribution in [-0.2, 0) is 16.1 Å². The van der Waals surface area contributed by atoms with Crippen molar-refractivity contribution in [3.8, 4) is 0 Å². The van der Waals surface area contributed by atoms with E-state index in [1.54, 1.807) is 14.0 Å². The molecule has 0 fully saturated rings. The van der Waals surface area contributed by atoms with Gasteiger partial charge in [0.2, 0.25) is 11.8 Å². The molecule has 0 saturated heterocycles. The van der Waals surface area contributed by atoms with E-state index in [2.05, 4.69) is 48.7 Å². The van der Waals surface area contributed by atoms with E-state index >= 15 is 0 Å². The summed E-state index contributed by atoms with van der Waals surface area (Å²) in [6, 6.07) is 8.42. The van der Waals surface area contributed by atoms with Gasteiger partial charge in [0, 0.05) is 20.6 Å². The molecule has 1 aliphatic rings. The summed E-state index contributed by atoms with van der Waals surface area (Å²) in [7, 11) is 3.04. The molecule has 1 unspecified atom stereocenters. The summed E-state index contributed by atoms with van der Waals surface area (Å²) >= 11 is 0. The maximum absolute atomic E-state index is 13.1. The van der Waals surface area contributed by atoms with Gasteiger partial charge < -0.3 is 15.5 Å². The van der Waals surface area contributed by atoms with Gasteiger partial charge in [-0.2, -0.15) is 0 Å². The molecule has 1 aromatic carbocycles. The normalized spacial score (nSPS) is 17.8. The van der Waals surface area contributed by atoms with E-state index in [0.717, 1.165) is 24.2 Å². The highest BCUT2D eigenvalue weighted by atomic mass is 16.5. The lowest BCUT2D eigenvalue weighted by molar-refractivity contribution is -0.160. The maximum Gasteiger partial charge on any atom is 0.246 e. The van der Waals surface area contributed by atoms with Gasteiger partial charge in [0.25, 0.3) is 0 Å². The number of hydrazine groups is 1. The summed E-state index contributed by atoms with van der Waals surface area (Å²) in [6.07, 6.45) is 6.39. The number of nitrogens with zero attached hydrogens (tertiary/aromatic N) is 2. The van der Waals surface area contributed by atoms with E-state index in [1.165, 1.54) is 17.5 Å². The molecule has 2 amide bonds. The predicted octanol–water partition coefficient (Wildman–Crippen LogP) is 1.92. The number of carbonyl (C=O) groups is 2. The smallest absolute Gasteiger partial charge is 0.246 e. The number of amides is 2. The molecule has 5 N–H and O–H groups in total. The molecular weight excluding hydrogens is 406 g/mol. The Morgan fingerprint density at radius 2 is 1.94 bits per heavy atom. The van der Waals surface area contributed by atoms with Gasteiger partial charge in [-0.3, -0.25) is 14.8 Å². The molecule has 2 atom stereocenters. The van der Waals surface area contributed by atoms with Crippen molar-refractivity contribution >= 4 is 17.4 Å². The first-order chi connectivity index (χ1) is 15.1. The van der Waals surface area contributed by atoms with Crippen LogP contribution in [0.3, 0.4) is 0 Å². The third-order valence-electron chi connectivity index (χ3n) is 5.84. The van der Waals surface area contributed by atoms with Crippen molar-refractivity contribution in [2.24, 2.45) is 17.7 Å². The molecule has 0 heterocycles. The Kier molecular flexibility index (Phi) is 9.15. The van der Waals surface area contributed by atoms with Crippen molar-refractivity contribution in [3.05, 3.63) is 53.6 Å². The first-order valence-corrected chi connectivity index (χ1v) is 11.0. The van der Waals surface area contributed by atoms with Gasteiger partial charge in [-0.05, 0) is 42.5 Å². The average molecular weight is 444 g/mol. The van der Waals surface area contributed by atoms with E-state index in [1.807, 2.05) is 18.2 Å². The number of nitrogens with one attached hydrogen (secondary N) is 2. The Hall–Kier alpha value is -2.52. The zero-order valence-corrected chi connectivity index (χ0v) is 19.8. The molecule has 1 aromatic rings. The third kappa shape index (κ3) is 6.49. The second-order valence-electron chi connectivity index (χ2n) is 8.93. The molecule has 0 spiro atoms. The summed E-state index contributed by atoms with van der Waals surface area (Å²) in [5.74, 6) is 4.97. The lowest BCUT2D eigenvalue weighted by Gasteiger charge is -2.39. The van der Waals surface area contributed by atoms with Gasteiger partial charge in [0.15, 0.2) is 0 Å². The zero-order chi connectivity index (χ0) is 23.9. The standard InChI is InChI=1S/C24H37N5O3/c1-17(2)14-27-15-18-6-8-19(9-7-18)20-10-12-21(13-11-20)22(30)28(5)24(3,16-29(25)32)23(31)26-4/h6-12,17,21,27,32H,13-16,25H2,1-5H3,(H,26,31)/t21?,24-/m1/s1. The number of nitrogens with two attached hydrogens (primary N) is 1. The van der Waals surface area contributed by atoms with Crippen LogP contribution in [0.2, 0.25) is 0 Å². The molecule has 0 bridgehead atoms. The Morgan fingerprint density at radius 1 is 1.28 bits per heavy atom. The first kappa shape index (κ1) is 25.7. The number of hydrogen-bond donors (Lipinski definition) is 4. The van der Waals surface area contributed by atoms with Gasteiger partial charge in [-0.1, -0.05) is 56.3 Å². The highest BCUT2D eigenvalue weighted by Gasteiger charge is 2.42. The maximum atomic E-state index is 13.1. The topological polar surface area (TPSA) is 111 Å². The van der Waals surface area contributed by atoms with Crippen LogP contribution in [0.15, 0.2) is 42.5 Å². The van der Waals surface area contributed by atoms with Crippen molar-refractivity contribution in [2.75, 3.05) is 27.2 Å². The molecule has 176 valence electrons. The lowest BCUT2D eigenvalue weighted by atomic mass is 9.90. The molecule has 0 radical (unpaired) electrons. The van der Waals surface area contributed by atoms with Crippen LogP contribution in [0, 0.1) is 11.8 Å². The fourth-order valence-corrected chi connectivity index (χ4v) is 3.74. The van der Waals surface area contributed by atoms with Crippen molar-refractivity contribution in [1.29, 1.82) is 0 Å². The molecule has 32 heavy (non-hydrogen) atoms. The summed E-state index contributed by atoms with van der Waals surface area (Å²) in [5, 5.41) is 15.9. The summed E-state index contributed by atoms with van der Waals surface area (Å²) in [6.45, 7) is 7.56. The molecule has 2 rings (SSSR count). The fraction of sp³-hybridized carbons (Fsp3) is 0.500. The minimum atomic E-state index is -1.31. The molecule has 0 saturated carbocycles. The molecule has 0 aliphatic heterocycles. The van der Waals surface area contributed by atoms with Gasteiger partial charge >= 0.3 is 0 Å². The number of likely N-dealkylation sites (N-methyl/N-ethyl adjacent to an activating group) is 2. The lowest BCUT2D eigenvalue weighted by Crippen LogP contribution is -2.63. The van der Waals surface area contributed by atoms with E-state index < -0.39 is 17.4 Å². The number of hydrogen-bond acceptors (Lipinski definition) is 6. The van der Waals surface area contributed by atoms with Crippen LogP contribution >= 0.6 is 0 Å². The summed E-state index contributed by atoms with van der Waals surface area (Å²) in [4.78, 5) is 26.9. The van der Waals surface area contributed by atoms with Gasteiger partial charge in [0.1, 0.15) is 5.54 Å². The van der Waals surface area contributed by atoms with Crippen molar-refractivity contribution in [1.82, 2.24) is 20.7 Å². The number of hydroxylamine groups is 1. The van der Waals surface area contributed by atoms with E-state index in [9.17, 15) is 14.8 Å². The third-order valence-corrected chi connectivity index (χ3v) is 5.84. The fourth-order valence-electron chi connectivity index (χ4n) is 3.74. The van der Waals surface area contributed by atoms with Crippen LogP contribution in [-0.4, -0.2) is 59.8 Å². The Labute approximate surface area is 191 Å². The van der Waals surface area contributed by atoms with E-state index in [0.29, 0.717) is 17.5 Å². The van der Waals surface area contributed by atoms with Crippen LogP contribution in [0.5, 0.6) is 0 Å². The predicted molar refractivity (Wildman–Crippen MR) is 126 cm³/mol. The van der Waals surface area contributed by atoms with Crippen molar-refractivity contribution < 1.29 is 14.8 Å². The number of carbonyl (C=O) groups excluding carboxylic acids is 2. The second kappa shape index (κ2) is 11.4. The highest BCUT2D eigenvalue weighted by Crippen LogP contribution is 2.27. The Morgan fingerprint density at radius 3 is 2.44 bits per heavy atom. The van der Waals surface area contributed by atoms with Crippen LogP contribution in [0.25, 0.3) is 5.57 Å². The summed E-state index contributed by atoms with van der Waals surface area (Å²) in [5.41, 5.74) is 2.08. The quantitative estimate of drug-likeness (QED) is 0.325. The second-order valence-corrected chi connectivity index (χ2v) is 8.93. The molecule has 8 heteroatoms. The van der Waals surface area contributed by atoms with E-state index in [4.69, 9.17) is 5.84 Å². The number of rotatable bonds is 10. The van der Waals surface area contributed by atoms with Gasteiger partial charge in [-0.25, -0.2) is 5.84 Å². The number of allylic oxidation sites excluding steroid dienone is 3. The first-order valence-electron chi connectivity index (χ1n) is 11.0. The molecule has 8 nitrogen and oxygen atoms in total. The SMILES string of the molecule is CNC(=O)[C@@](C)(CN(N)O)N(C)C(=O)C1C=CC(c2ccc(CNCC(C)C)cc2)=CC1. The van der Waals surface area contributed by atoms with Crippen molar-refractivity contribution in [3.63, 3.8) is 0 Å². The van der Waals surface area contributed by atoms with Gasteiger partial charge in [-0.15, -0.1) is 5.17 Å². The van der Waals surface area contributed by atoms with Gasteiger partial charge in [0.05, 0.1) is 12.5 Å².